The Balaban J connectivity index is 1.60. The zero-order chi connectivity index (χ0) is 17.4. The van der Waals surface area contributed by atoms with E-state index in [4.69, 9.17) is 4.74 Å². The maximum Gasteiger partial charge on any atom is 0.0996 e. The number of hydrogen-bond donors (Lipinski definition) is 1. The molecule has 0 bridgehead atoms. The van der Waals surface area contributed by atoms with Crippen LogP contribution in [0.5, 0.6) is 0 Å². The van der Waals surface area contributed by atoms with Crippen LogP contribution in [0.4, 0.5) is 0 Å². The molecule has 3 fully saturated rings. The number of ether oxygens (including phenoxy) is 1. The number of hydrogen-bond acceptors (Lipinski definition) is 2. The minimum absolute atomic E-state index is 0.241. The normalized spacial score (nSPS) is 50.4. The van der Waals surface area contributed by atoms with Crippen LogP contribution in [0.15, 0.2) is 23.0 Å². The first-order chi connectivity index (χ1) is 12.0. The summed E-state index contributed by atoms with van der Waals surface area (Å²) in [4.78, 5) is 0. The highest BCUT2D eigenvalue weighted by molar-refractivity contribution is 5.45. The third-order valence-corrected chi connectivity index (χ3v) is 9.15. The summed E-state index contributed by atoms with van der Waals surface area (Å²) in [7, 11) is 0. The molecule has 0 heterocycles. The molecule has 1 N–H and O–H groups in total. The van der Waals surface area contributed by atoms with E-state index in [0.717, 1.165) is 36.7 Å². The Kier molecular flexibility index (Phi) is 3.53. The summed E-state index contributed by atoms with van der Waals surface area (Å²) in [6, 6.07) is 0. The van der Waals surface area contributed by atoms with Gasteiger partial charge in [0.1, 0.15) is 0 Å². The monoisotopic (exact) mass is 342 g/mol. The summed E-state index contributed by atoms with van der Waals surface area (Å²) in [5.74, 6) is 5.15. The van der Waals surface area contributed by atoms with Crippen LogP contribution in [0, 0.1) is 40.4 Å². The summed E-state index contributed by atoms with van der Waals surface area (Å²) < 4.78 is 5.99. The van der Waals surface area contributed by atoms with Crippen LogP contribution in [-0.2, 0) is 4.74 Å². The summed E-state index contributed by atoms with van der Waals surface area (Å²) in [6.45, 7) is 8.21. The second-order valence-electron chi connectivity index (χ2n) is 10.1. The van der Waals surface area contributed by atoms with E-state index < -0.39 is 0 Å². The van der Waals surface area contributed by atoms with Gasteiger partial charge in [-0.15, -0.1) is 0 Å². The van der Waals surface area contributed by atoms with E-state index in [1.54, 1.807) is 0 Å². The Morgan fingerprint density at radius 2 is 2.00 bits per heavy atom. The van der Waals surface area contributed by atoms with E-state index in [0.29, 0.717) is 11.3 Å². The Bertz CT molecular complexity index is 646. The highest BCUT2D eigenvalue weighted by Crippen LogP contribution is 2.72. The molecule has 3 saturated carbocycles. The van der Waals surface area contributed by atoms with Gasteiger partial charge in [-0.25, -0.2) is 0 Å². The van der Waals surface area contributed by atoms with Crippen LogP contribution < -0.4 is 0 Å². The molecular weight excluding hydrogens is 308 g/mol. The lowest BCUT2D eigenvalue weighted by molar-refractivity contribution is -0.0312. The number of aliphatic hydroxyl groups excluding tert-OH is 1. The fourth-order valence-electron chi connectivity index (χ4n) is 7.90. The van der Waals surface area contributed by atoms with Crippen molar-refractivity contribution in [2.24, 2.45) is 40.4 Å². The first-order valence-electron chi connectivity index (χ1n) is 10.7. The maximum absolute atomic E-state index is 10.2. The van der Waals surface area contributed by atoms with Crippen LogP contribution in [0.3, 0.4) is 0 Å². The van der Waals surface area contributed by atoms with Gasteiger partial charge in [-0.3, -0.25) is 0 Å². The van der Waals surface area contributed by atoms with Crippen molar-refractivity contribution in [1.29, 1.82) is 0 Å². The fraction of sp³-hybridized carbons (Fsp3) is 0.826. The molecule has 0 aromatic rings. The molecule has 5 aliphatic rings. The van der Waals surface area contributed by atoms with E-state index in [2.05, 4.69) is 26.8 Å². The lowest BCUT2D eigenvalue weighted by Crippen LogP contribution is -2.50. The van der Waals surface area contributed by atoms with Gasteiger partial charge >= 0.3 is 0 Å². The lowest BCUT2D eigenvalue weighted by Gasteiger charge is -2.57. The van der Waals surface area contributed by atoms with Crippen molar-refractivity contribution in [1.82, 2.24) is 0 Å². The fourth-order valence-corrected chi connectivity index (χ4v) is 7.90. The highest BCUT2D eigenvalue weighted by Gasteiger charge is 2.64. The van der Waals surface area contributed by atoms with E-state index >= 15 is 0 Å². The Labute approximate surface area is 152 Å². The average Bonchev–Trinajstić information content (AvgIpc) is 3.31. The first kappa shape index (κ1) is 16.4. The minimum atomic E-state index is 0.241. The van der Waals surface area contributed by atoms with Gasteiger partial charge in [-0.1, -0.05) is 20.3 Å². The highest BCUT2D eigenvalue weighted by atomic mass is 16.5. The van der Waals surface area contributed by atoms with E-state index in [9.17, 15) is 5.11 Å². The maximum atomic E-state index is 10.2. The number of allylic oxidation sites excluding steroid dienone is 3. The predicted octanol–water partition coefficient (Wildman–Crippen LogP) is 5.09. The molecule has 2 heteroatoms. The van der Waals surface area contributed by atoms with Crippen LogP contribution in [0.1, 0.15) is 65.7 Å². The molecule has 0 radical (unpaired) electrons. The van der Waals surface area contributed by atoms with Crippen molar-refractivity contribution >= 4 is 0 Å². The molecular formula is C23H34O2. The van der Waals surface area contributed by atoms with E-state index in [1.807, 2.05) is 0 Å². The largest absolute Gasteiger partial charge is 0.498 e. The van der Waals surface area contributed by atoms with Gasteiger partial charge in [0.15, 0.2) is 0 Å². The van der Waals surface area contributed by atoms with Crippen LogP contribution in [-0.4, -0.2) is 18.3 Å². The van der Waals surface area contributed by atoms with Crippen LogP contribution >= 0.6 is 0 Å². The van der Waals surface area contributed by atoms with Crippen molar-refractivity contribution in [3.63, 3.8) is 0 Å². The molecule has 2 nitrogen and oxygen atoms in total. The third-order valence-electron chi connectivity index (χ3n) is 9.15. The van der Waals surface area contributed by atoms with Crippen molar-refractivity contribution < 1.29 is 9.84 Å². The van der Waals surface area contributed by atoms with Crippen LogP contribution in [0.2, 0.25) is 0 Å². The summed E-state index contributed by atoms with van der Waals surface area (Å²) in [6.07, 6.45) is 11.9. The summed E-state index contributed by atoms with van der Waals surface area (Å²) in [5, 5.41) is 10.2. The van der Waals surface area contributed by atoms with Gasteiger partial charge in [0.2, 0.25) is 0 Å². The molecule has 5 aliphatic carbocycles. The molecule has 0 amide bonds. The van der Waals surface area contributed by atoms with E-state index in [-0.39, 0.29) is 12.0 Å². The van der Waals surface area contributed by atoms with Gasteiger partial charge in [0.25, 0.3) is 0 Å². The second-order valence-corrected chi connectivity index (χ2v) is 10.1. The summed E-state index contributed by atoms with van der Waals surface area (Å²) in [5.41, 5.74) is 3.68. The Morgan fingerprint density at radius 3 is 2.76 bits per heavy atom. The Hall–Kier alpha value is -0.760. The average molecular weight is 343 g/mol. The standard InChI is InChI=1S/C23H34O2/c1-4-25-21-12-19-14(13-24)10-15-17-6-5-8-22(17,2)9-7-18(15)23(19,3)20-11-16(20)21/h12,15-18,20,24H,4-11,13H2,1-3H3/t15-,16?,17-,18-,20-,22-,23+/m0/s1. The second kappa shape index (κ2) is 5.38. The molecule has 0 aromatic heterocycles. The molecule has 0 spiro atoms. The number of fused-ring (bicyclic) bond motifs is 7. The third kappa shape index (κ3) is 2.07. The first-order valence-corrected chi connectivity index (χ1v) is 10.7. The zero-order valence-corrected chi connectivity index (χ0v) is 16.2. The molecule has 0 aliphatic heterocycles. The van der Waals surface area contributed by atoms with Gasteiger partial charge in [0, 0.05) is 5.92 Å². The van der Waals surface area contributed by atoms with Crippen LogP contribution in [0.25, 0.3) is 0 Å². The van der Waals surface area contributed by atoms with Gasteiger partial charge < -0.3 is 9.84 Å². The van der Waals surface area contributed by atoms with Gasteiger partial charge in [0.05, 0.1) is 19.0 Å². The molecule has 1 unspecified atom stereocenters. The van der Waals surface area contributed by atoms with Crippen molar-refractivity contribution in [2.75, 3.05) is 13.2 Å². The molecule has 5 rings (SSSR count). The van der Waals surface area contributed by atoms with Gasteiger partial charge in [-0.2, -0.15) is 0 Å². The number of aliphatic hydroxyl groups is 1. The minimum Gasteiger partial charge on any atom is -0.498 e. The number of rotatable bonds is 3. The molecule has 25 heavy (non-hydrogen) atoms. The van der Waals surface area contributed by atoms with Crippen molar-refractivity contribution in [2.45, 2.75) is 65.7 Å². The lowest BCUT2D eigenvalue weighted by atomic mass is 9.47. The quantitative estimate of drug-likeness (QED) is 0.774. The smallest absolute Gasteiger partial charge is 0.0996 e. The zero-order valence-electron chi connectivity index (χ0n) is 16.2. The Morgan fingerprint density at radius 1 is 1.16 bits per heavy atom. The predicted molar refractivity (Wildman–Crippen MR) is 99.8 cm³/mol. The molecule has 138 valence electrons. The van der Waals surface area contributed by atoms with E-state index in [1.165, 1.54) is 55.4 Å². The molecule has 0 aromatic carbocycles. The topological polar surface area (TPSA) is 29.5 Å². The van der Waals surface area contributed by atoms with Crippen molar-refractivity contribution in [3.05, 3.63) is 23.0 Å². The van der Waals surface area contributed by atoms with Gasteiger partial charge in [-0.05, 0) is 97.2 Å². The molecule has 7 atom stereocenters. The SMILES string of the molecule is CCOC1=CC2=C(CO)C[C@H]3[C@@H]4CCC[C@@]4(C)CC[C@@H]3[C@@]2(C)[C@H]2CC12. The summed E-state index contributed by atoms with van der Waals surface area (Å²) >= 11 is 0. The van der Waals surface area contributed by atoms with Crippen molar-refractivity contribution in [3.8, 4) is 0 Å². The molecule has 0 saturated heterocycles.